The van der Waals surface area contributed by atoms with Gasteiger partial charge in [0.05, 0.1) is 25.2 Å². The molecule has 0 radical (unpaired) electrons. The first-order valence-corrected chi connectivity index (χ1v) is 4.91. The van der Waals surface area contributed by atoms with Crippen LogP contribution in [0.2, 0.25) is 0 Å². The van der Waals surface area contributed by atoms with E-state index in [0.717, 1.165) is 11.1 Å². The average molecular weight is 215 g/mol. The van der Waals surface area contributed by atoms with Gasteiger partial charge in [0.1, 0.15) is 0 Å². The van der Waals surface area contributed by atoms with E-state index in [9.17, 15) is 4.79 Å². The Morgan fingerprint density at radius 2 is 2.31 bits per heavy atom. The van der Waals surface area contributed by atoms with Crippen molar-refractivity contribution in [1.82, 2.24) is 0 Å². The van der Waals surface area contributed by atoms with Crippen molar-refractivity contribution in [3.05, 3.63) is 41.0 Å². The van der Waals surface area contributed by atoms with E-state index >= 15 is 0 Å². The molecule has 0 bridgehead atoms. The molecule has 0 aromatic heterocycles. The fourth-order valence-electron chi connectivity index (χ4n) is 1.35. The number of nitrogens with zero attached hydrogens (tertiary/aromatic N) is 1. The summed E-state index contributed by atoms with van der Waals surface area (Å²) >= 11 is 0. The Balaban J connectivity index is 2.92. The predicted molar refractivity (Wildman–Crippen MR) is 61.8 cm³/mol. The highest BCUT2D eigenvalue weighted by Crippen LogP contribution is 2.13. The summed E-state index contributed by atoms with van der Waals surface area (Å²) in [6.45, 7) is 1.92. The molecule has 0 heterocycles. The van der Waals surface area contributed by atoms with E-state index in [1.807, 2.05) is 25.1 Å². The lowest BCUT2D eigenvalue weighted by molar-refractivity contribution is 0.0600. The standard InChI is InChI=1S/C13H13NO2/c1-10-9-12(13(15)16-2)7-6-11(10)5-3-4-8-14/h3,5-7,9H,4H2,1-2H3. The third-order valence-electron chi connectivity index (χ3n) is 2.20. The van der Waals surface area contributed by atoms with Crippen molar-refractivity contribution in [2.75, 3.05) is 7.11 Å². The predicted octanol–water partition coefficient (Wildman–Crippen LogP) is 2.71. The number of ether oxygens (including phenoxy) is 1. The van der Waals surface area contributed by atoms with Gasteiger partial charge in [-0.25, -0.2) is 4.79 Å². The number of carbonyl (C=O) groups excluding carboxylic acids is 1. The van der Waals surface area contributed by atoms with Gasteiger partial charge < -0.3 is 4.74 Å². The maximum atomic E-state index is 11.3. The highest BCUT2D eigenvalue weighted by molar-refractivity contribution is 5.89. The molecular weight excluding hydrogens is 202 g/mol. The van der Waals surface area contributed by atoms with Crippen LogP contribution in [0.25, 0.3) is 6.08 Å². The molecule has 0 aliphatic heterocycles. The second kappa shape index (κ2) is 5.72. The molecule has 0 fully saturated rings. The SMILES string of the molecule is COC(=O)c1ccc(C=CCC#N)c(C)c1. The van der Waals surface area contributed by atoms with Gasteiger partial charge in [0, 0.05) is 0 Å². The fourth-order valence-corrected chi connectivity index (χ4v) is 1.35. The first kappa shape index (κ1) is 12.0. The van der Waals surface area contributed by atoms with Crippen LogP contribution < -0.4 is 0 Å². The van der Waals surface area contributed by atoms with Gasteiger partial charge >= 0.3 is 5.97 Å². The highest BCUT2D eigenvalue weighted by Gasteiger charge is 2.05. The Morgan fingerprint density at radius 3 is 2.88 bits per heavy atom. The minimum absolute atomic E-state index is 0.337. The van der Waals surface area contributed by atoms with E-state index in [0.29, 0.717) is 12.0 Å². The number of benzene rings is 1. The third-order valence-corrected chi connectivity index (χ3v) is 2.20. The summed E-state index contributed by atoms with van der Waals surface area (Å²) in [6.07, 6.45) is 4.05. The van der Waals surface area contributed by atoms with Crippen LogP contribution in [0.5, 0.6) is 0 Å². The molecule has 0 saturated heterocycles. The number of rotatable bonds is 3. The lowest BCUT2D eigenvalue weighted by atomic mass is 10.0. The molecule has 3 nitrogen and oxygen atoms in total. The van der Waals surface area contributed by atoms with Gasteiger partial charge in [0.25, 0.3) is 0 Å². The summed E-state index contributed by atoms with van der Waals surface area (Å²) in [5, 5.41) is 8.40. The van der Waals surface area contributed by atoms with Crippen LogP contribution in [0.1, 0.15) is 27.9 Å². The van der Waals surface area contributed by atoms with Crippen molar-refractivity contribution in [3.8, 4) is 6.07 Å². The van der Waals surface area contributed by atoms with Crippen molar-refractivity contribution >= 4 is 12.0 Å². The minimum atomic E-state index is -0.337. The van der Waals surface area contributed by atoms with Crippen LogP contribution in [-0.2, 0) is 4.74 Å². The molecule has 1 rings (SSSR count). The number of hydrogen-bond donors (Lipinski definition) is 0. The molecule has 1 aromatic rings. The summed E-state index contributed by atoms with van der Waals surface area (Å²) in [5.74, 6) is -0.337. The highest BCUT2D eigenvalue weighted by atomic mass is 16.5. The van der Waals surface area contributed by atoms with Crippen LogP contribution in [0.3, 0.4) is 0 Å². The third kappa shape index (κ3) is 2.96. The van der Waals surface area contributed by atoms with Gasteiger partial charge in [-0.3, -0.25) is 0 Å². The maximum absolute atomic E-state index is 11.3. The molecule has 3 heteroatoms. The van der Waals surface area contributed by atoms with Gasteiger partial charge in [-0.05, 0) is 30.2 Å². The fraction of sp³-hybridized carbons (Fsp3) is 0.231. The smallest absolute Gasteiger partial charge is 0.337 e. The molecule has 0 atom stereocenters. The van der Waals surface area contributed by atoms with E-state index in [4.69, 9.17) is 5.26 Å². The summed E-state index contributed by atoms with van der Waals surface area (Å²) in [6, 6.07) is 7.37. The molecule has 0 spiro atoms. The molecule has 0 amide bonds. The van der Waals surface area contributed by atoms with Gasteiger partial charge in [0.2, 0.25) is 0 Å². The van der Waals surface area contributed by atoms with Crippen LogP contribution in [0.4, 0.5) is 0 Å². The van der Waals surface area contributed by atoms with Gasteiger partial charge in [0.15, 0.2) is 0 Å². The zero-order valence-electron chi connectivity index (χ0n) is 9.36. The second-order valence-corrected chi connectivity index (χ2v) is 3.33. The molecule has 1 aromatic carbocycles. The van der Waals surface area contributed by atoms with Crippen molar-refractivity contribution in [3.63, 3.8) is 0 Å². The second-order valence-electron chi connectivity index (χ2n) is 3.33. The topological polar surface area (TPSA) is 50.1 Å². The van der Waals surface area contributed by atoms with E-state index in [1.165, 1.54) is 7.11 Å². The molecule has 0 aliphatic rings. The van der Waals surface area contributed by atoms with E-state index in [1.54, 1.807) is 18.2 Å². The average Bonchev–Trinajstić information content (AvgIpc) is 2.30. The number of hydrogen-bond acceptors (Lipinski definition) is 3. The Kier molecular flexibility index (Phi) is 4.28. The summed E-state index contributed by atoms with van der Waals surface area (Å²) in [7, 11) is 1.36. The number of esters is 1. The Hall–Kier alpha value is -2.08. The summed E-state index contributed by atoms with van der Waals surface area (Å²) in [4.78, 5) is 11.3. The molecule has 0 unspecified atom stereocenters. The Bertz CT molecular complexity index is 455. The molecule has 0 N–H and O–H groups in total. The number of nitriles is 1. The quantitative estimate of drug-likeness (QED) is 0.728. The lowest BCUT2D eigenvalue weighted by Gasteiger charge is -2.03. The van der Waals surface area contributed by atoms with Crippen LogP contribution >= 0.6 is 0 Å². The summed E-state index contributed by atoms with van der Waals surface area (Å²) < 4.78 is 4.63. The van der Waals surface area contributed by atoms with E-state index in [2.05, 4.69) is 4.74 Å². The van der Waals surface area contributed by atoms with Gasteiger partial charge in [-0.2, -0.15) is 5.26 Å². The lowest BCUT2D eigenvalue weighted by Crippen LogP contribution is -2.01. The van der Waals surface area contributed by atoms with Gasteiger partial charge in [-0.1, -0.05) is 18.2 Å². The largest absolute Gasteiger partial charge is 0.465 e. The number of aryl methyl sites for hydroxylation is 1. The van der Waals surface area contributed by atoms with Crippen LogP contribution in [-0.4, -0.2) is 13.1 Å². The monoisotopic (exact) mass is 215 g/mol. The maximum Gasteiger partial charge on any atom is 0.337 e. The molecule has 82 valence electrons. The first-order valence-electron chi connectivity index (χ1n) is 4.91. The van der Waals surface area contributed by atoms with E-state index < -0.39 is 0 Å². The normalized spacial score (nSPS) is 10.1. The zero-order chi connectivity index (χ0) is 12.0. The van der Waals surface area contributed by atoms with Gasteiger partial charge in [-0.15, -0.1) is 0 Å². The van der Waals surface area contributed by atoms with E-state index in [-0.39, 0.29) is 5.97 Å². The molecule has 16 heavy (non-hydrogen) atoms. The molecule has 0 aliphatic carbocycles. The van der Waals surface area contributed by atoms with Crippen molar-refractivity contribution < 1.29 is 9.53 Å². The van der Waals surface area contributed by atoms with Crippen molar-refractivity contribution in [2.24, 2.45) is 0 Å². The van der Waals surface area contributed by atoms with Crippen molar-refractivity contribution in [1.29, 1.82) is 5.26 Å². The Labute approximate surface area is 95.0 Å². The number of carbonyl (C=O) groups is 1. The zero-order valence-corrected chi connectivity index (χ0v) is 9.36. The number of methoxy groups -OCH3 is 1. The molecular formula is C13H13NO2. The molecule has 0 saturated carbocycles. The minimum Gasteiger partial charge on any atom is -0.465 e. The Morgan fingerprint density at radius 1 is 1.56 bits per heavy atom. The number of allylic oxidation sites excluding steroid dienone is 1. The van der Waals surface area contributed by atoms with Crippen LogP contribution in [0.15, 0.2) is 24.3 Å². The first-order chi connectivity index (χ1) is 7.69. The summed E-state index contributed by atoms with van der Waals surface area (Å²) in [5.41, 5.74) is 2.53. The van der Waals surface area contributed by atoms with Crippen molar-refractivity contribution in [2.45, 2.75) is 13.3 Å². The van der Waals surface area contributed by atoms with Crippen LogP contribution in [0, 0.1) is 18.3 Å².